The largest absolute Gasteiger partial charge is 0.497 e. The summed E-state index contributed by atoms with van der Waals surface area (Å²) in [6.07, 6.45) is 0. The molecular weight excluding hydrogens is 432 g/mol. The van der Waals surface area contributed by atoms with Gasteiger partial charge in [-0.1, -0.05) is 30.3 Å². The predicted octanol–water partition coefficient (Wildman–Crippen LogP) is 1.47. The lowest BCUT2D eigenvalue weighted by atomic mass is 10.1. The SMILES string of the molecule is CNC(=O)[C@@H](C)N(Cc1cccc(OC)c1)C(=O)CN(c1ccccc1)S(=O)(=O)N(C)C. The van der Waals surface area contributed by atoms with Crippen molar-refractivity contribution in [3.8, 4) is 5.75 Å². The summed E-state index contributed by atoms with van der Waals surface area (Å²) < 4.78 is 33.3. The maximum Gasteiger partial charge on any atom is 0.304 e. The van der Waals surface area contributed by atoms with E-state index in [2.05, 4.69) is 5.32 Å². The molecule has 0 aliphatic rings. The first kappa shape index (κ1) is 25.2. The summed E-state index contributed by atoms with van der Waals surface area (Å²) in [5.74, 6) is -0.259. The van der Waals surface area contributed by atoms with Gasteiger partial charge in [0.2, 0.25) is 11.8 Å². The smallest absolute Gasteiger partial charge is 0.304 e. The van der Waals surface area contributed by atoms with Crippen molar-refractivity contribution in [1.82, 2.24) is 14.5 Å². The number of benzene rings is 2. The fraction of sp³-hybridized carbons (Fsp3) is 0.364. The molecule has 2 amide bonds. The molecule has 0 saturated carbocycles. The van der Waals surface area contributed by atoms with Gasteiger partial charge in [0, 0.05) is 27.7 Å². The zero-order valence-corrected chi connectivity index (χ0v) is 19.8. The van der Waals surface area contributed by atoms with Crippen LogP contribution in [0.4, 0.5) is 5.69 Å². The Labute approximate surface area is 189 Å². The number of anilines is 1. The van der Waals surface area contributed by atoms with Gasteiger partial charge in [0.1, 0.15) is 18.3 Å². The second-order valence-corrected chi connectivity index (χ2v) is 9.36. The minimum atomic E-state index is -3.96. The van der Waals surface area contributed by atoms with Crippen LogP contribution in [0.15, 0.2) is 54.6 Å². The summed E-state index contributed by atoms with van der Waals surface area (Å²) in [5, 5.41) is 2.54. The third-order valence-electron chi connectivity index (χ3n) is 4.96. The Morgan fingerprint density at radius 1 is 1.06 bits per heavy atom. The Morgan fingerprint density at radius 3 is 2.28 bits per heavy atom. The minimum Gasteiger partial charge on any atom is -0.497 e. The molecule has 0 bridgehead atoms. The lowest BCUT2D eigenvalue weighted by Gasteiger charge is -2.32. The summed E-state index contributed by atoms with van der Waals surface area (Å²) in [4.78, 5) is 27.1. The molecule has 0 saturated heterocycles. The maximum absolute atomic E-state index is 13.4. The van der Waals surface area contributed by atoms with Crippen molar-refractivity contribution >= 4 is 27.7 Å². The normalized spacial score (nSPS) is 12.2. The van der Waals surface area contributed by atoms with Crippen LogP contribution in [0.1, 0.15) is 12.5 Å². The molecule has 1 atom stereocenters. The van der Waals surface area contributed by atoms with Crippen molar-refractivity contribution in [3.63, 3.8) is 0 Å². The molecule has 32 heavy (non-hydrogen) atoms. The Bertz CT molecular complexity index is 1030. The van der Waals surface area contributed by atoms with Gasteiger partial charge in [-0.25, -0.2) is 4.31 Å². The van der Waals surface area contributed by atoms with Crippen LogP contribution in [-0.2, 0) is 26.3 Å². The average molecular weight is 463 g/mol. The van der Waals surface area contributed by atoms with Gasteiger partial charge >= 0.3 is 10.2 Å². The number of likely N-dealkylation sites (N-methyl/N-ethyl adjacent to an activating group) is 1. The number of nitrogens with one attached hydrogen (secondary N) is 1. The fourth-order valence-electron chi connectivity index (χ4n) is 3.07. The Morgan fingerprint density at radius 2 is 1.72 bits per heavy atom. The summed E-state index contributed by atoms with van der Waals surface area (Å²) in [5.41, 5.74) is 1.10. The molecular formula is C22H30N4O5S. The van der Waals surface area contributed by atoms with Crippen LogP contribution < -0.4 is 14.4 Å². The lowest BCUT2D eigenvalue weighted by molar-refractivity contribution is -0.139. The number of amides is 2. The number of rotatable bonds is 10. The molecule has 0 aliphatic carbocycles. The summed E-state index contributed by atoms with van der Waals surface area (Å²) in [7, 11) is 1.87. The number of carbonyl (C=O) groups excluding carboxylic acids is 2. The second-order valence-electron chi connectivity index (χ2n) is 7.30. The van der Waals surface area contributed by atoms with E-state index in [1.165, 1.54) is 26.0 Å². The summed E-state index contributed by atoms with van der Waals surface area (Å²) in [6, 6.07) is 14.7. The first-order valence-electron chi connectivity index (χ1n) is 10.0. The van der Waals surface area contributed by atoms with E-state index in [-0.39, 0.29) is 12.5 Å². The molecule has 0 heterocycles. The third-order valence-corrected chi connectivity index (χ3v) is 6.78. The van der Waals surface area contributed by atoms with Crippen molar-refractivity contribution in [2.45, 2.75) is 19.5 Å². The molecule has 10 heteroatoms. The molecule has 174 valence electrons. The monoisotopic (exact) mass is 462 g/mol. The molecule has 2 aromatic carbocycles. The number of methoxy groups -OCH3 is 1. The van der Waals surface area contributed by atoms with Gasteiger partial charge in [0.15, 0.2) is 0 Å². The molecule has 2 aromatic rings. The Kier molecular flexibility index (Phi) is 8.62. The molecule has 0 radical (unpaired) electrons. The minimum absolute atomic E-state index is 0.106. The number of ether oxygens (including phenoxy) is 1. The van der Waals surface area contributed by atoms with Gasteiger partial charge in [-0.2, -0.15) is 12.7 Å². The Balaban J connectivity index is 2.42. The van der Waals surface area contributed by atoms with E-state index < -0.39 is 28.7 Å². The summed E-state index contributed by atoms with van der Waals surface area (Å²) >= 11 is 0. The van der Waals surface area contributed by atoms with Crippen LogP contribution in [0.2, 0.25) is 0 Å². The molecule has 0 aliphatic heterocycles. The Hall–Kier alpha value is -3.11. The quantitative estimate of drug-likeness (QED) is 0.577. The summed E-state index contributed by atoms with van der Waals surface area (Å²) in [6.45, 7) is 1.25. The fourth-order valence-corrected chi connectivity index (χ4v) is 4.13. The van der Waals surface area contributed by atoms with Crippen LogP contribution in [0, 0.1) is 0 Å². The van der Waals surface area contributed by atoms with Crippen molar-refractivity contribution in [3.05, 3.63) is 60.2 Å². The molecule has 9 nitrogen and oxygen atoms in total. The topological polar surface area (TPSA) is 99.3 Å². The van der Waals surface area contributed by atoms with Gasteiger partial charge in [0.05, 0.1) is 12.8 Å². The van der Waals surface area contributed by atoms with Crippen LogP contribution in [0.3, 0.4) is 0 Å². The second kappa shape index (κ2) is 11.0. The standard InChI is InChI=1S/C22H30N4O5S/c1-17(22(28)23-2)25(15-18-10-9-13-20(14-18)31-5)21(27)16-26(32(29,30)24(3)4)19-11-7-6-8-12-19/h6-14,17H,15-16H2,1-5H3,(H,23,28)/t17-/m1/s1. The third kappa shape index (κ3) is 5.98. The predicted molar refractivity (Wildman–Crippen MR) is 123 cm³/mol. The van der Waals surface area contributed by atoms with Crippen LogP contribution in [-0.4, -0.2) is 70.3 Å². The van der Waals surface area contributed by atoms with Crippen molar-refractivity contribution < 1.29 is 22.7 Å². The van der Waals surface area contributed by atoms with E-state index in [1.807, 2.05) is 6.07 Å². The molecule has 0 unspecified atom stereocenters. The number of carbonyl (C=O) groups is 2. The maximum atomic E-state index is 13.4. The first-order chi connectivity index (χ1) is 15.1. The number of nitrogens with zero attached hydrogens (tertiary/aromatic N) is 3. The highest BCUT2D eigenvalue weighted by Gasteiger charge is 2.32. The highest BCUT2D eigenvalue weighted by Crippen LogP contribution is 2.21. The van der Waals surface area contributed by atoms with E-state index in [0.29, 0.717) is 11.4 Å². The highest BCUT2D eigenvalue weighted by atomic mass is 32.2. The highest BCUT2D eigenvalue weighted by molar-refractivity contribution is 7.90. The van der Waals surface area contributed by atoms with Crippen molar-refractivity contribution in [1.29, 1.82) is 0 Å². The van der Waals surface area contributed by atoms with E-state index in [1.54, 1.807) is 62.6 Å². The zero-order chi connectivity index (χ0) is 23.9. The van der Waals surface area contributed by atoms with E-state index >= 15 is 0 Å². The van der Waals surface area contributed by atoms with Crippen molar-refractivity contribution in [2.75, 3.05) is 39.1 Å². The average Bonchev–Trinajstić information content (AvgIpc) is 2.80. The van der Waals surface area contributed by atoms with Gasteiger partial charge in [-0.05, 0) is 36.8 Å². The number of hydrogen-bond acceptors (Lipinski definition) is 5. The van der Waals surface area contributed by atoms with E-state index in [0.717, 1.165) is 14.2 Å². The van der Waals surface area contributed by atoms with E-state index in [9.17, 15) is 18.0 Å². The van der Waals surface area contributed by atoms with Crippen LogP contribution in [0.5, 0.6) is 5.75 Å². The lowest BCUT2D eigenvalue weighted by Crippen LogP contribution is -2.52. The van der Waals surface area contributed by atoms with E-state index in [4.69, 9.17) is 4.74 Å². The first-order valence-corrected chi connectivity index (χ1v) is 11.4. The molecule has 2 rings (SSSR count). The van der Waals surface area contributed by atoms with Crippen molar-refractivity contribution in [2.24, 2.45) is 0 Å². The number of hydrogen-bond donors (Lipinski definition) is 1. The molecule has 0 aromatic heterocycles. The molecule has 0 fully saturated rings. The van der Waals surface area contributed by atoms with Gasteiger partial charge < -0.3 is 15.0 Å². The molecule has 1 N–H and O–H groups in total. The number of para-hydroxylation sites is 1. The van der Waals surface area contributed by atoms with Crippen LogP contribution in [0.25, 0.3) is 0 Å². The molecule has 0 spiro atoms. The van der Waals surface area contributed by atoms with Gasteiger partial charge in [-0.3, -0.25) is 9.59 Å². The zero-order valence-electron chi connectivity index (χ0n) is 19.0. The van der Waals surface area contributed by atoms with Gasteiger partial charge in [0.25, 0.3) is 0 Å². The van der Waals surface area contributed by atoms with Gasteiger partial charge in [-0.15, -0.1) is 0 Å². The van der Waals surface area contributed by atoms with Crippen LogP contribution >= 0.6 is 0 Å².